The molecule has 0 aliphatic carbocycles. The van der Waals surface area contributed by atoms with Crippen LogP contribution in [0.2, 0.25) is 0 Å². The summed E-state index contributed by atoms with van der Waals surface area (Å²) >= 11 is 0. The van der Waals surface area contributed by atoms with E-state index in [2.05, 4.69) is 67.4 Å². The van der Waals surface area contributed by atoms with Gasteiger partial charge in [-0.2, -0.15) is 4.98 Å². The van der Waals surface area contributed by atoms with E-state index in [0.717, 1.165) is 17.5 Å². The zero-order chi connectivity index (χ0) is 20.1. The third kappa shape index (κ3) is 5.06. The van der Waals surface area contributed by atoms with Gasteiger partial charge < -0.3 is 9.84 Å². The Bertz CT molecular complexity index is 920. The zero-order valence-corrected chi connectivity index (χ0v) is 17.0. The number of nitrogens with zero attached hydrogens (tertiary/aromatic N) is 2. The van der Waals surface area contributed by atoms with Crippen molar-refractivity contribution in [1.82, 2.24) is 15.5 Å². The van der Waals surface area contributed by atoms with Crippen molar-refractivity contribution in [3.05, 3.63) is 71.1 Å². The van der Waals surface area contributed by atoms with Gasteiger partial charge in [-0.3, -0.25) is 4.79 Å². The van der Waals surface area contributed by atoms with Gasteiger partial charge in [0.05, 0.1) is 13.0 Å². The van der Waals surface area contributed by atoms with Crippen LogP contribution in [0.5, 0.6) is 0 Å². The van der Waals surface area contributed by atoms with Crippen LogP contribution in [0.3, 0.4) is 0 Å². The first kappa shape index (κ1) is 19.8. The average molecular weight is 377 g/mol. The Kier molecular flexibility index (Phi) is 5.93. The number of nitrogens with one attached hydrogen (secondary N) is 1. The van der Waals surface area contributed by atoms with Crippen molar-refractivity contribution in [3.63, 3.8) is 0 Å². The fourth-order valence-electron chi connectivity index (χ4n) is 2.88. The highest BCUT2D eigenvalue weighted by molar-refractivity contribution is 5.78. The summed E-state index contributed by atoms with van der Waals surface area (Å²) < 4.78 is 5.27. The van der Waals surface area contributed by atoms with Crippen LogP contribution in [-0.2, 0) is 29.6 Å². The summed E-state index contributed by atoms with van der Waals surface area (Å²) in [5, 5.41) is 6.86. The lowest BCUT2D eigenvalue weighted by molar-refractivity contribution is -0.120. The first-order chi connectivity index (χ1) is 13.3. The molecule has 5 heteroatoms. The predicted octanol–water partition coefficient (Wildman–Crippen LogP) is 4.46. The number of carbonyl (C=O) groups is 1. The molecule has 0 spiro atoms. The van der Waals surface area contributed by atoms with Crippen molar-refractivity contribution in [2.75, 3.05) is 0 Å². The second-order valence-electron chi connectivity index (χ2n) is 7.96. The van der Waals surface area contributed by atoms with Crippen LogP contribution >= 0.6 is 0 Å². The number of aryl methyl sites for hydroxylation is 1. The first-order valence-corrected chi connectivity index (χ1v) is 9.63. The molecule has 3 aromatic rings. The van der Waals surface area contributed by atoms with E-state index in [0.29, 0.717) is 18.1 Å². The van der Waals surface area contributed by atoms with Gasteiger partial charge in [-0.1, -0.05) is 81.4 Å². The van der Waals surface area contributed by atoms with Crippen LogP contribution in [0.15, 0.2) is 53.1 Å². The highest BCUT2D eigenvalue weighted by atomic mass is 16.5. The minimum atomic E-state index is -0.0708. The Balaban J connectivity index is 1.56. The fourth-order valence-corrected chi connectivity index (χ4v) is 2.88. The maximum Gasteiger partial charge on any atom is 0.246 e. The van der Waals surface area contributed by atoms with Crippen molar-refractivity contribution in [2.24, 2.45) is 0 Å². The van der Waals surface area contributed by atoms with Crippen molar-refractivity contribution in [3.8, 4) is 11.4 Å². The van der Waals surface area contributed by atoms with Gasteiger partial charge >= 0.3 is 0 Å². The van der Waals surface area contributed by atoms with E-state index in [-0.39, 0.29) is 17.9 Å². The molecule has 0 radical (unpaired) electrons. The molecule has 3 rings (SSSR count). The molecule has 1 amide bonds. The number of hydrogen-bond acceptors (Lipinski definition) is 4. The minimum Gasteiger partial charge on any atom is -0.347 e. The Morgan fingerprint density at radius 3 is 2.25 bits per heavy atom. The zero-order valence-electron chi connectivity index (χ0n) is 17.0. The highest BCUT2D eigenvalue weighted by Gasteiger charge is 2.15. The molecular formula is C23H27N3O2. The van der Waals surface area contributed by atoms with Crippen molar-refractivity contribution < 1.29 is 9.32 Å². The van der Waals surface area contributed by atoms with Gasteiger partial charge in [-0.15, -0.1) is 0 Å². The summed E-state index contributed by atoms with van der Waals surface area (Å²) in [6.07, 6.45) is 1.32. The first-order valence-electron chi connectivity index (χ1n) is 9.63. The second kappa shape index (κ2) is 8.38. The molecule has 2 aromatic carbocycles. The second-order valence-corrected chi connectivity index (χ2v) is 7.96. The Hall–Kier alpha value is -2.95. The number of aromatic nitrogens is 2. The van der Waals surface area contributed by atoms with E-state index in [1.54, 1.807) is 0 Å². The molecule has 1 aromatic heterocycles. The van der Waals surface area contributed by atoms with E-state index in [4.69, 9.17) is 4.52 Å². The molecular weight excluding hydrogens is 350 g/mol. The predicted molar refractivity (Wildman–Crippen MR) is 110 cm³/mol. The summed E-state index contributed by atoms with van der Waals surface area (Å²) in [5.41, 5.74) is 4.49. The normalized spacial score (nSPS) is 11.4. The van der Waals surface area contributed by atoms with Gasteiger partial charge in [-0.05, 0) is 28.5 Å². The number of benzene rings is 2. The molecule has 0 saturated heterocycles. The monoisotopic (exact) mass is 377 g/mol. The molecule has 0 fully saturated rings. The minimum absolute atomic E-state index is 0.0708. The summed E-state index contributed by atoms with van der Waals surface area (Å²) in [6, 6.07) is 16.2. The number of carbonyl (C=O) groups excluding carboxylic acids is 1. The van der Waals surface area contributed by atoms with Gasteiger partial charge in [-0.25, -0.2) is 0 Å². The maximum atomic E-state index is 12.1. The topological polar surface area (TPSA) is 68.0 Å². The average Bonchev–Trinajstić information content (AvgIpc) is 3.15. The van der Waals surface area contributed by atoms with Gasteiger partial charge in [0, 0.05) is 5.56 Å². The molecule has 0 aliphatic heterocycles. The summed E-state index contributed by atoms with van der Waals surface area (Å²) in [4.78, 5) is 16.5. The number of amides is 1. The van der Waals surface area contributed by atoms with Crippen LogP contribution in [0, 0.1) is 0 Å². The summed E-state index contributed by atoms with van der Waals surface area (Å²) in [5.74, 6) is 0.850. The van der Waals surface area contributed by atoms with Crippen LogP contribution in [0.25, 0.3) is 11.4 Å². The van der Waals surface area contributed by atoms with Crippen molar-refractivity contribution in [2.45, 2.75) is 52.5 Å². The molecule has 146 valence electrons. The summed E-state index contributed by atoms with van der Waals surface area (Å²) in [6.45, 7) is 8.86. The molecule has 0 unspecified atom stereocenters. The summed E-state index contributed by atoms with van der Waals surface area (Å²) in [7, 11) is 0. The van der Waals surface area contributed by atoms with Gasteiger partial charge in [0.25, 0.3) is 0 Å². The third-order valence-corrected chi connectivity index (χ3v) is 4.71. The molecule has 1 N–H and O–H groups in total. The number of hydrogen-bond donors (Lipinski definition) is 1. The molecule has 5 nitrogen and oxygen atoms in total. The lowest BCUT2D eigenvalue weighted by Gasteiger charge is -2.18. The fraction of sp³-hybridized carbons (Fsp3) is 0.348. The molecule has 0 aliphatic rings. The Morgan fingerprint density at radius 1 is 1.00 bits per heavy atom. The van der Waals surface area contributed by atoms with Gasteiger partial charge in [0.2, 0.25) is 17.6 Å². The number of rotatable bonds is 6. The van der Waals surface area contributed by atoms with E-state index in [1.165, 1.54) is 11.1 Å². The third-order valence-electron chi connectivity index (χ3n) is 4.71. The van der Waals surface area contributed by atoms with E-state index < -0.39 is 0 Å². The quantitative estimate of drug-likeness (QED) is 0.689. The lowest BCUT2D eigenvalue weighted by Crippen LogP contribution is -2.24. The van der Waals surface area contributed by atoms with E-state index >= 15 is 0 Å². The largest absolute Gasteiger partial charge is 0.347 e. The Morgan fingerprint density at radius 2 is 1.64 bits per heavy atom. The SMILES string of the molecule is CCc1ccc(CC(=O)NCc2nc(-c3ccc(C(C)(C)C)cc3)no2)cc1. The maximum absolute atomic E-state index is 12.1. The van der Waals surface area contributed by atoms with Crippen LogP contribution in [0.4, 0.5) is 0 Å². The van der Waals surface area contributed by atoms with E-state index in [1.807, 2.05) is 24.3 Å². The van der Waals surface area contributed by atoms with Crippen LogP contribution in [0.1, 0.15) is 50.3 Å². The smallest absolute Gasteiger partial charge is 0.246 e. The van der Waals surface area contributed by atoms with Crippen LogP contribution < -0.4 is 5.32 Å². The Labute approximate surface area is 166 Å². The van der Waals surface area contributed by atoms with Crippen LogP contribution in [-0.4, -0.2) is 16.0 Å². The lowest BCUT2D eigenvalue weighted by atomic mass is 9.87. The standard InChI is InChI=1S/C23H27N3O2/c1-5-16-6-8-17(9-7-16)14-20(27)24-15-21-25-22(26-28-21)18-10-12-19(13-11-18)23(2,3)4/h6-13H,5,14-15H2,1-4H3,(H,24,27). The molecule has 1 heterocycles. The van der Waals surface area contributed by atoms with E-state index in [9.17, 15) is 4.79 Å². The molecule has 0 atom stereocenters. The van der Waals surface area contributed by atoms with Gasteiger partial charge in [0.15, 0.2) is 0 Å². The molecule has 0 bridgehead atoms. The van der Waals surface area contributed by atoms with Gasteiger partial charge in [0.1, 0.15) is 0 Å². The molecule has 0 saturated carbocycles. The molecule has 28 heavy (non-hydrogen) atoms. The van der Waals surface area contributed by atoms with Crippen molar-refractivity contribution >= 4 is 5.91 Å². The van der Waals surface area contributed by atoms with Crippen molar-refractivity contribution in [1.29, 1.82) is 0 Å². The highest BCUT2D eigenvalue weighted by Crippen LogP contribution is 2.24.